The fraction of sp³-hybridized carbons (Fsp3) is 0.400. The Morgan fingerprint density at radius 3 is 2.37 bits per heavy atom. The van der Waals surface area contributed by atoms with Crippen molar-refractivity contribution in [1.82, 2.24) is 24.5 Å². The van der Waals surface area contributed by atoms with Crippen LogP contribution in [0.1, 0.15) is 0 Å². The van der Waals surface area contributed by atoms with Crippen LogP contribution in [0.15, 0.2) is 36.8 Å². The van der Waals surface area contributed by atoms with Crippen LogP contribution in [-0.4, -0.2) is 140 Å². The number of rotatable bonds is 6. The highest BCUT2D eigenvalue weighted by atomic mass is 16.6. The monoisotopic (exact) mass is 498 g/mol. The summed E-state index contributed by atoms with van der Waals surface area (Å²) in [4.78, 5) is 22.7. The van der Waals surface area contributed by atoms with Gasteiger partial charge in [0.25, 0.3) is 0 Å². The third-order valence-electron chi connectivity index (χ3n) is 6.22. The summed E-state index contributed by atoms with van der Waals surface area (Å²) < 4.78 is 16.7. The fourth-order valence-corrected chi connectivity index (χ4v) is 4.17. The fourth-order valence-electron chi connectivity index (χ4n) is 4.17. The van der Waals surface area contributed by atoms with E-state index in [-0.39, 0.29) is 29.6 Å². The zero-order valence-electron chi connectivity index (χ0n) is 20.7. The highest BCUT2D eigenvalue weighted by molar-refractivity contribution is 6.59. The molecule has 11 nitrogen and oxygen atoms in total. The first-order valence-corrected chi connectivity index (χ1v) is 11.1. The average molecular weight is 497 g/mol. The number of amides is 1. The molecule has 0 aromatic carbocycles. The Balaban J connectivity index is 1.86. The second-order valence-corrected chi connectivity index (χ2v) is 8.65. The molecule has 1 atom stereocenters. The van der Waals surface area contributed by atoms with Gasteiger partial charge in [-0.05, 0) is 28.9 Å². The normalized spacial score (nSPS) is 21.8. The molecule has 14 radical (unpaired) electrons. The summed E-state index contributed by atoms with van der Waals surface area (Å²) in [7, 11) is 46.8. The number of anilines is 1. The molecule has 3 aromatic rings. The summed E-state index contributed by atoms with van der Waals surface area (Å²) in [5.74, 6) is 0.196. The third kappa shape index (κ3) is 4.08. The molecule has 0 spiro atoms. The third-order valence-corrected chi connectivity index (χ3v) is 6.22. The van der Waals surface area contributed by atoms with Crippen molar-refractivity contribution in [3.63, 3.8) is 0 Å². The lowest BCUT2D eigenvalue weighted by molar-refractivity contribution is -0.0841. The van der Waals surface area contributed by atoms with Crippen molar-refractivity contribution < 1.29 is 24.1 Å². The van der Waals surface area contributed by atoms with E-state index in [2.05, 4.69) is 15.1 Å². The molecule has 3 aromatic heterocycles. The number of aliphatic hydroxyl groups is 1. The Morgan fingerprint density at radius 2 is 1.71 bits per heavy atom. The van der Waals surface area contributed by atoms with Gasteiger partial charge in [-0.15, -0.1) is 0 Å². The van der Waals surface area contributed by atoms with Crippen LogP contribution in [-0.2, 0) is 9.47 Å². The van der Waals surface area contributed by atoms with Crippen molar-refractivity contribution >= 4 is 72.5 Å². The van der Waals surface area contributed by atoms with Crippen molar-refractivity contribution in [1.29, 1.82) is 0 Å². The van der Waals surface area contributed by atoms with Crippen molar-refractivity contribution in [3.05, 3.63) is 36.8 Å². The maximum atomic E-state index is 12.9. The number of aromatic nitrogens is 4. The van der Waals surface area contributed by atoms with Gasteiger partial charge in [-0.3, -0.25) is 4.90 Å². The minimum atomic E-state index is -2.99. The summed E-state index contributed by atoms with van der Waals surface area (Å²) in [5, 5.41) is 7.85. The number of piperazine rings is 1. The molecule has 1 unspecified atom stereocenters. The van der Waals surface area contributed by atoms with Crippen molar-refractivity contribution in [3.8, 4) is 17.0 Å². The molecular formula is C20H17B7N6O5. The van der Waals surface area contributed by atoms with Crippen LogP contribution >= 0.6 is 0 Å². The average Bonchev–Trinajstić information content (AvgIpc) is 3.26. The van der Waals surface area contributed by atoms with Gasteiger partial charge in [-0.1, -0.05) is 0 Å². The van der Waals surface area contributed by atoms with Crippen LogP contribution in [0.25, 0.3) is 16.8 Å². The predicted molar refractivity (Wildman–Crippen MR) is 144 cm³/mol. The molecule has 0 aliphatic carbocycles. The number of ether oxygens (including phenoxy) is 3. The molecule has 0 saturated carbocycles. The minimum absolute atomic E-state index is 0.0168. The standard InChI is InChI=1S/C20H17B7N6O5/c1-36-8-9-38-16(34)33-18(23,24)17(21,22)32(19(25,26)20(33,27)35)13-5-7-31-14(30-13)12(10-29-31)11-4-3-6-28-15(11)37-2/h3-7,10,35H,8-9H2,1-2H3. The van der Waals surface area contributed by atoms with Crippen LogP contribution in [0.2, 0.25) is 0 Å². The molecule has 1 aliphatic heterocycles. The van der Waals surface area contributed by atoms with E-state index in [1.165, 1.54) is 37.2 Å². The van der Waals surface area contributed by atoms with Gasteiger partial charge in [0.1, 0.15) is 25.9 Å². The smallest absolute Gasteiger partial charge is 0.410 e. The number of hydrogen-bond acceptors (Lipinski definition) is 9. The summed E-state index contributed by atoms with van der Waals surface area (Å²) >= 11 is 0. The number of carbonyl (C=O) groups excluding carboxylic acids is 1. The Morgan fingerprint density at radius 1 is 1.00 bits per heavy atom. The second-order valence-electron chi connectivity index (χ2n) is 8.65. The molecule has 1 aliphatic rings. The lowest BCUT2D eigenvalue weighted by Gasteiger charge is -2.73. The van der Waals surface area contributed by atoms with Gasteiger partial charge >= 0.3 is 6.09 Å². The minimum Gasteiger partial charge on any atom is -0.481 e. The molecule has 1 fully saturated rings. The Kier molecular flexibility index (Phi) is 7.11. The van der Waals surface area contributed by atoms with Gasteiger partial charge in [0, 0.05) is 30.4 Å². The maximum absolute atomic E-state index is 12.9. The zero-order valence-corrected chi connectivity index (χ0v) is 20.7. The highest BCUT2D eigenvalue weighted by Gasteiger charge is 2.64. The molecule has 0 bridgehead atoms. The molecule has 1 saturated heterocycles. The van der Waals surface area contributed by atoms with Gasteiger partial charge in [0.2, 0.25) is 5.88 Å². The second kappa shape index (κ2) is 9.64. The van der Waals surface area contributed by atoms with Gasteiger partial charge in [0.15, 0.2) is 5.65 Å². The van der Waals surface area contributed by atoms with Crippen LogP contribution < -0.4 is 9.64 Å². The van der Waals surface area contributed by atoms with Gasteiger partial charge in [0.05, 0.1) is 72.6 Å². The summed E-state index contributed by atoms with van der Waals surface area (Å²) in [6.07, 6.45) is 3.28. The van der Waals surface area contributed by atoms with E-state index in [1.54, 1.807) is 18.3 Å². The van der Waals surface area contributed by atoms with E-state index in [9.17, 15) is 9.90 Å². The number of pyridine rings is 1. The van der Waals surface area contributed by atoms with Crippen LogP contribution in [0.4, 0.5) is 10.6 Å². The van der Waals surface area contributed by atoms with Gasteiger partial charge in [-0.2, -0.15) is 5.10 Å². The number of methoxy groups -OCH3 is 2. The van der Waals surface area contributed by atoms with Gasteiger partial charge in [-0.25, -0.2) is 19.3 Å². The molecule has 1 N–H and O–H groups in total. The summed E-state index contributed by atoms with van der Waals surface area (Å²) in [6, 6.07) is 4.84. The predicted octanol–water partition coefficient (Wildman–Crippen LogP) is -2.51. The van der Waals surface area contributed by atoms with Crippen LogP contribution in [0.5, 0.6) is 5.88 Å². The molecule has 18 heteroatoms. The van der Waals surface area contributed by atoms with Crippen LogP contribution in [0.3, 0.4) is 0 Å². The molecule has 4 rings (SSSR count). The molecule has 38 heavy (non-hydrogen) atoms. The summed E-state index contributed by atoms with van der Waals surface area (Å²) in [5.41, 5.74) is -1.65. The Labute approximate surface area is 228 Å². The number of nitrogens with zero attached hydrogens (tertiary/aromatic N) is 6. The van der Waals surface area contributed by atoms with Crippen molar-refractivity contribution in [2.75, 3.05) is 32.3 Å². The van der Waals surface area contributed by atoms with E-state index in [0.29, 0.717) is 17.0 Å². The lowest BCUT2D eigenvalue weighted by atomic mass is 9.31. The van der Waals surface area contributed by atoms with E-state index >= 15 is 0 Å². The molecular weight excluding hydrogens is 480 g/mol. The van der Waals surface area contributed by atoms with Crippen molar-refractivity contribution in [2.45, 2.75) is 21.6 Å². The van der Waals surface area contributed by atoms with Crippen molar-refractivity contribution in [2.24, 2.45) is 0 Å². The SMILES string of the molecule is [B]C1([B])N(c2ccn3ncc(-c4cccnc4OC)c3n2)C([B])([B])C([B])(O)N(C(=O)OCCOC)C1([B])[B]. The first kappa shape index (κ1) is 28.0. The summed E-state index contributed by atoms with van der Waals surface area (Å²) in [6.45, 7) is -0.227. The highest BCUT2D eigenvalue weighted by Crippen LogP contribution is 2.45. The molecule has 1 amide bonds. The first-order chi connectivity index (χ1) is 17.7. The lowest BCUT2D eigenvalue weighted by Crippen LogP contribution is -2.92. The van der Waals surface area contributed by atoms with E-state index in [1.807, 2.05) is 0 Å². The quantitative estimate of drug-likeness (QED) is 0.292. The van der Waals surface area contributed by atoms with E-state index in [0.717, 1.165) is 4.90 Å². The zero-order chi connectivity index (χ0) is 28.1. The van der Waals surface area contributed by atoms with E-state index in [4.69, 9.17) is 69.1 Å². The Hall–Kier alpha value is -2.99. The maximum Gasteiger partial charge on any atom is 0.410 e. The molecule has 4 heterocycles. The first-order valence-electron chi connectivity index (χ1n) is 11.1. The van der Waals surface area contributed by atoms with Crippen LogP contribution in [0, 0.1) is 0 Å². The number of hydrogen-bond donors (Lipinski definition) is 1. The topological polar surface area (TPSA) is 115 Å². The Bertz CT molecular complexity index is 1330. The van der Waals surface area contributed by atoms with E-state index < -0.39 is 27.7 Å². The largest absolute Gasteiger partial charge is 0.481 e. The number of fused-ring (bicyclic) bond motifs is 1. The number of carbonyl (C=O) groups is 1. The molecule has 178 valence electrons. The van der Waals surface area contributed by atoms with Gasteiger partial charge < -0.3 is 24.2 Å².